The number of carbonyl (C=O) groups is 3. The average molecular weight is 396 g/mol. The van der Waals surface area contributed by atoms with Crippen LogP contribution in [0.2, 0.25) is 0 Å². The van der Waals surface area contributed by atoms with E-state index in [9.17, 15) is 14.4 Å². The first-order chi connectivity index (χ1) is 13.6. The van der Waals surface area contributed by atoms with E-state index in [1.807, 2.05) is 0 Å². The number of rotatable bonds is 2. The van der Waals surface area contributed by atoms with Gasteiger partial charge in [-0.25, -0.2) is 4.79 Å². The number of hydrogen-bond donors (Lipinski definition) is 1. The Morgan fingerprint density at radius 2 is 1.14 bits per heavy atom. The summed E-state index contributed by atoms with van der Waals surface area (Å²) in [5.74, 6) is -0.663. The molecule has 8 nitrogen and oxygen atoms in total. The van der Waals surface area contributed by atoms with Crippen LogP contribution in [-0.2, 0) is 19.1 Å². The quantitative estimate of drug-likeness (QED) is 0.716. The van der Waals surface area contributed by atoms with Crippen LogP contribution in [0.4, 0.5) is 4.79 Å². The molecule has 2 N–H and O–H groups in total. The lowest BCUT2D eigenvalue weighted by Gasteiger charge is -2.42. The van der Waals surface area contributed by atoms with E-state index in [4.69, 9.17) is 15.2 Å². The van der Waals surface area contributed by atoms with E-state index in [-0.39, 0.29) is 30.3 Å². The molecule has 0 aromatic carbocycles. The van der Waals surface area contributed by atoms with Gasteiger partial charge in [0.25, 0.3) is 0 Å². The van der Waals surface area contributed by atoms with Gasteiger partial charge in [0, 0.05) is 44.6 Å². The maximum absolute atomic E-state index is 12.7. The molecule has 0 unspecified atom stereocenters. The molecule has 8 heteroatoms. The van der Waals surface area contributed by atoms with Gasteiger partial charge in [0.2, 0.25) is 11.8 Å². The molecule has 28 heavy (non-hydrogen) atoms. The Kier molecular flexibility index (Phi) is 7.82. The molecule has 4 amide bonds. The summed E-state index contributed by atoms with van der Waals surface area (Å²) in [6.45, 7) is 2.86. The smallest absolute Gasteiger partial charge is 0.333 e. The van der Waals surface area contributed by atoms with Crippen molar-refractivity contribution >= 4 is 17.8 Å². The van der Waals surface area contributed by atoms with Gasteiger partial charge in [-0.2, -0.15) is 0 Å². The Labute approximate surface area is 166 Å². The van der Waals surface area contributed by atoms with Crippen molar-refractivity contribution in [3.8, 4) is 0 Å². The van der Waals surface area contributed by atoms with Gasteiger partial charge in [-0.3, -0.25) is 19.4 Å². The first-order valence-corrected chi connectivity index (χ1v) is 10.7. The van der Waals surface area contributed by atoms with Crippen LogP contribution in [-0.4, -0.2) is 72.2 Å². The van der Waals surface area contributed by atoms with Gasteiger partial charge in [-0.05, 0) is 38.5 Å². The number of urea groups is 1. The molecule has 1 aliphatic carbocycles. The standard InChI is InChI=1S/C15H22N2O4.C5H11NO/c18-13-10-14(19)17(12-6-8-21-9-7-12)15(20)16(13)11-4-2-1-3-5-11;6-5-1-3-7-4-2-5/h11-12H,1-10H2;5H,1-4,6H2. The third kappa shape index (κ3) is 5.30. The molecular weight excluding hydrogens is 362 g/mol. The van der Waals surface area contributed by atoms with Gasteiger partial charge in [0.15, 0.2) is 0 Å². The van der Waals surface area contributed by atoms with Gasteiger partial charge >= 0.3 is 6.03 Å². The fraction of sp³-hybridized carbons (Fsp3) is 0.850. The van der Waals surface area contributed by atoms with Crippen molar-refractivity contribution in [1.29, 1.82) is 0 Å². The zero-order valence-corrected chi connectivity index (χ0v) is 16.6. The fourth-order valence-electron chi connectivity index (χ4n) is 4.35. The van der Waals surface area contributed by atoms with Gasteiger partial charge in [-0.15, -0.1) is 0 Å². The zero-order chi connectivity index (χ0) is 19.9. The zero-order valence-electron chi connectivity index (χ0n) is 16.6. The molecule has 4 fully saturated rings. The normalized spacial score (nSPS) is 26.2. The van der Waals surface area contributed by atoms with Crippen LogP contribution in [0.3, 0.4) is 0 Å². The van der Waals surface area contributed by atoms with Gasteiger partial charge in [0.05, 0.1) is 0 Å². The highest BCUT2D eigenvalue weighted by atomic mass is 16.5. The second kappa shape index (κ2) is 10.3. The van der Waals surface area contributed by atoms with E-state index in [1.165, 1.54) is 9.80 Å². The fourth-order valence-corrected chi connectivity index (χ4v) is 4.35. The summed E-state index contributed by atoms with van der Waals surface area (Å²) in [7, 11) is 0. The minimum atomic E-state index is -0.393. The topological polar surface area (TPSA) is 102 Å². The van der Waals surface area contributed by atoms with Crippen LogP contribution >= 0.6 is 0 Å². The van der Waals surface area contributed by atoms with Crippen molar-refractivity contribution in [2.24, 2.45) is 5.73 Å². The highest BCUT2D eigenvalue weighted by molar-refractivity contribution is 6.14. The number of barbiturate groups is 1. The van der Waals surface area contributed by atoms with Crippen LogP contribution in [0.25, 0.3) is 0 Å². The number of ether oxygens (including phenoxy) is 2. The molecule has 3 heterocycles. The minimum absolute atomic E-state index is 0.0193. The first kappa shape index (κ1) is 21.2. The summed E-state index contributed by atoms with van der Waals surface area (Å²) >= 11 is 0. The highest BCUT2D eigenvalue weighted by Crippen LogP contribution is 2.28. The van der Waals surface area contributed by atoms with Crippen molar-refractivity contribution in [1.82, 2.24) is 9.80 Å². The van der Waals surface area contributed by atoms with E-state index < -0.39 is 6.03 Å². The second-order valence-corrected chi connectivity index (χ2v) is 8.07. The van der Waals surface area contributed by atoms with Crippen molar-refractivity contribution in [2.45, 2.75) is 82.3 Å². The summed E-state index contributed by atoms with van der Waals surface area (Å²) in [6.07, 6.45) is 8.25. The minimum Gasteiger partial charge on any atom is -0.381 e. The van der Waals surface area contributed by atoms with Crippen molar-refractivity contribution in [3.05, 3.63) is 0 Å². The molecule has 4 rings (SSSR count). The molecule has 0 aromatic rings. The Balaban J connectivity index is 0.000000271. The van der Waals surface area contributed by atoms with E-state index in [2.05, 4.69) is 0 Å². The Morgan fingerprint density at radius 3 is 1.61 bits per heavy atom. The molecule has 3 aliphatic heterocycles. The summed E-state index contributed by atoms with van der Waals surface area (Å²) in [4.78, 5) is 39.8. The maximum Gasteiger partial charge on any atom is 0.333 e. The van der Waals surface area contributed by atoms with E-state index >= 15 is 0 Å². The van der Waals surface area contributed by atoms with Crippen LogP contribution < -0.4 is 5.73 Å². The molecular formula is C20H33N3O5. The number of hydrogen-bond acceptors (Lipinski definition) is 6. The van der Waals surface area contributed by atoms with Crippen molar-refractivity contribution in [3.63, 3.8) is 0 Å². The molecule has 3 saturated heterocycles. The van der Waals surface area contributed by atoms with Crippen LogP contribution in [0, 0.1) is 0 Å². The summed E-state index contributed by atoms with van der Waals surface area (Å²) in [5.41, 5.74) is 5.55. The van der Waals surface area contributed by atoms with Crippen LogP contribution in [0.15, 0.2) is 0 Å². The van der Waals surface area contributed by atoms with Gasteiger partial charge in [0.1, 0.15) is 6.42 Å². The number of imide groups is 2. The van der Waals surface area contributed by atoms with E-state index in [1.54, 1.807) is 0 Å². The van der Waals surface area contributed by atoms with E-state index in [0.29, 0.717) is 32.1 Å². The molecule has 0 spiro atoms. The third-order valence-corrected chi connectivity index (χ3v) is 6.01. The van der Waals surface area contributed by atoms with Gasteiger partial charge < -0.3 is 15.2 Å². The number of amides is 4. The Bertz CT molecular complexity index is 514. The number of nitrogens with two attached hydrogens (primary N) is 1. The van der Waals surface area contributed by atoms with Crippen molar-refractivity contribution in [2.75, 3.05) is 26.4 Å². The predicted octanol–water partition coefficient (Wildman–Crippen LogP) is 1.80. The second-order valence-electron chi connectivity index (χ2n) is 8.07. The first-order valence-electron chi connectivity index (χ1n) is 10.7. The predicted molar refractivity (Wildman–Crippen MR) is 102 cm³/mol. The molecule has 0 aromatic heterocycles. The molecule has 4 aliphatic rings. The molecule has 0 atom stereocenters. The van der Waals surface area contributed by atoms with Crippen LogP contribution in [0.1, 0.15) is 64.2 Å². The Hall–Kier alpha value is -1.51. The molecule has 0 bridgehead atoms. The monoisotopic (exact) mass is 395 g/mol. The third-order valence-electron chi connectivity index (χ3n) is 6.01. The van der Waals surface area contributed by atoms with Gasteiger partial charge in [-0.1, -0.05) is 19.3 Å². The lowest BCUT2D eigenvalue weighted by atomic mass is 9.93. The average Bonchev–Trinajstić information content (AvgIpc) is 2.70. The highest BCUT2D eigenvalue weighted by Gasteiger charge is 2.44. The maximum atomic E-state index is 12.7. The summed E-state index contributed by atoms with van der Waals surface area (Å²) in [5, 5.41) is 0. The lowest BCUT2D eigenvalue weighted by molar-refractivity contribution is -0.146. The summed E-state index contributed by atoms with van der Waals surface area (Å²) in [6, 6.07) is -0.115. The SMILES string of the molecule is NC1CCOCC1.O=C1CC(=O)N(C2CCOCC2)C(=O)N1C1CCCCC1. The largest absolute Gasteiger partial charge is 0.381 e. The molecule has 1 saturated carbocycles. The van der Waals surface area contributed by atoms with E-state index in [0.717, 1.165) is 58.2 Å². The molecule has 0 radical (unpaired) electrons. The number of carbonyl (C=O) groups excluding carboxylic acids is 3. The van der Waals surface area contributed by atoms with Crippen LogP contribution in [0.5, 0.6) is 0 Å². The summed E-state index contributed by atoms with van der Waals surface area (Å²) < 4.78 is 10.4. The lowest BCUT2D eigenvalue weighted by Crippen LogP contribution is -2.61. The Morgan fingerprint density at radius 1 is 0.679 bits per heavy atom. The molecule has 158 valence electrons. The van der Waals surface area contributed by atoms with Crippen molar-refractivity contribution < 1.29 is 23.9 Å². The number of nitrogens with zero attached hydrogens (tertiary/aromatic N) is 2.